The minimum absolute atomic E-state index is 0.0100. The van der Waals surface area contributed by atoms with E-state index in [1.54, 1.807) is 7.05 Å². The van der Waals surface area contributed by atoms with Crippen LogP contribution in [0.4, 0.5) is 10.8 Å². The Morgan fingerprint density at radius 1 is 1.32 bits per heavy atom. The fourth-order valence-electron chi connectivity index (χ4n) is 2.46. The van der Waals surface area contributed by atoms with Gasteiger partial charge in [0.25, 0.3) is 0 Å². The number of thioether (sulfide) groups is 1. The summed E-state index contributed by atoms with van der Waals surface area (Å²) in [6.07, 6.45) is 3.48. The lowest BCUT2D eigenvalue weighted by molar-refractivity contribution is -0.115. The number of nitrogens with one attached hydrogen (secondary N) is 2. The van der Waals surface area contributed by atoms with Crippen LogP contribution in [0, 0.1) is 0 Å². The van der Waals surface area contributed by atoms with Gasteiger partial charge in [-0.2, -0.15) is 0 Å². The molecule has 0 saturated heterocycles. The fourth-order valence-corrected chi connectivity index (χ4v) is 4.31. The first-order chi connectivity index (χ1) is 10.7. The third-order valence-electron chi connectivity index (χ3n) is 3.63. The lowest BCUT2D eigenvalue weighted by Gasteiger charge is -2.11. The number of carbonyl (C=O) groups excluding carboxylic acids is 1. The highest BCUT2D eigenvalue weighted by molar-refractivity contribution is 8.02. The van der Waals surface area contributed by atoms with Crippen molar-refractivity contribution in [3.05, 3.63) is 29.3 Å². The number of fused-ring (bicyclic) bond motifs is 1. The monoisotopic (exact) mass is 334 g/mol. The van der Waals surface area contributed by atoms with Crippen LogP contribution in [-0.4, -0.2) is 28.4 Å². The van der Waals surface area contributed by atoms with Gasteiger partial charge in [0.1, 0.15) is 0 Å². The van der Waals surface area contributed by atoms with E-state index in [9.17, 15) is 4.79 Å². The van der Waals surface area contributed by atoms with Crippen molar-refractivity contribution in [3.8, 4) is 0 Å². The first kappa shape index (κ1) is 15.3. The molecule has 1 aliphatic rings. The molecule has 0 fully saturated rings. The van der Waals surface area contributed by atoms with Gasteiger partial charge in [-0.3, -0.25) is 4.79 Å². The van der Waals surface area contributed by atoms with Crippen LogP contribution in [-0.2, 0) is 17.6 Å². The van der Waals surface area contributed by atoms with Crippen molar-refractivity contribution in [2.24, 2.45) is 0 Å². The van der Waals surface area contributed by atoms with Crippen LogP contribution in [0.2, 0.25) is 0 Å². The number of anilines is 2. The van der Waals surface area contributed by atoms with Gasteiger partial charge in [-0.25, -0.2) is 0 Å². The summed E-state index contributed by atoms with van der Waals surface area (Å²) < 4.78 is 0.793. The average molecular weight is 334 g/mol. The largest absolute Gasteiger partial charge is 0.363 e. The molecule has 0 saturated carbocycles. The maximum Gasteiger partial charge on any atom is 0.237 e. The van der Waals surface area contributed by atoms with Crippen molar-refractivity contribution in [3.63, 3.8) is 0 Å². The number of benzene rings is 1. The number of rotatable bonds is 5. The van der Waals surface area contributed by atoms with E-state index in [0.717, 1.165) is 28.0 Å². The molecule has 1 heterocycles. The van der Waals surface area contributed by atoms with Crippen LogP contribution in [0.15, 0.2) is 22.5 Å². The molecule has 2 N–H and O–H groups in total. The Labute approximate surface area is 137 Å². The predicted octanol–water partition coefficient (Wildman–Crippen LogP) is 3.19. The smallest absolute Gasteiger partial charge is 0.237 e. The number of nitrogens with zero attached hydrogens (tertiary/aromatic N) is 2. The van der Waals surface area contributed by atoms with Crippen LogP contribution >= 0.6 is 23.1 Å². The van der Waals surface area contributed by atoms with Crippen molar-refractivity contribution < 1.29 is 4.79 Å². The molecule has 116 valence electrons. The molecule has 1 aromatic heterocycles. The van der Waals surface area contributed by atoms with E-state index in [-0.39, 0.29) is 11.2 Å². The summed E-state index contributed by atoms with van der Waals surface area (Å²) in [5.74, 6) is -0.0100. The minimum atomic E-state index is -0.217. The van der Waals surface area contributed by atoms with E-state index in [2.05, 4.69) is 33.0 Å². The second-order valence-corrected chi connectivity index (χ2v) is 7.77. The average Bonchev–Trinajstić information content (AvgIpc) is 3.15. The Hall–Kier alpha value is -1.60. The molecule has 0 unspecified atom stereocenters. The molecule has 1 aromatic carbocycles. The highest BCUT2D eigenvalue weighted by atomic mass is 32.2. The summed E-state index contributed by atoms with van der Waals surface area (Å²) in [6, 6.07) is 6.21. The van der Waals surface area contributed by atoms with Gasteiger partial charge < -0.3 is 10.6 Å². The van der Waals surface area contributed by atoms with Crippen molar-refractivity contribution in [2.75, 3.05) is 17.7 Å². The lowest BCUT2D eigenvalue weighted by Crippen LogP contribution is -2.22. The fraction of sp³-hybridized carbons (Fsp3) is 0.400. The first-order valence-electron chi connectivity index (χ1n) is 7.26. The quantitative estimate of drug-likeness (QED) is 0.822. The molecule has 1 aliphatic carbocycles. The van der Waals surface area contributed by atoms with Gasteiger partial charge in [-0.05, 0) is 49.4 Å². The molecular weight excluding hydrogens is 316 g/mol. The maximum absolute atomic E-state index is 12.3. The van der Waals surface area contributed by atoms with Gasteiger partial charge in [0.2, 0.25) is 11.0 Å². The van der Waals surface area contributed by atoms with Crippen molar-refractivity contribution in [1.82, 2.24) is 10.2 Å². The number of aromatic nitrogens is 2. The zero-order valence-electron chi connectivity index (χ0n) is 12.5. The second kappa shape index (κ2) is 6.66. The van der Waals surface area contributed by atoms with Crippen LogP contribution in [0.25, 0.3) is 0 Å². The van der Waals surface area contributed by atoms with Crippen molar-refractivity contribution in [1.29, 1.82) is 0 Å². The number of hydrogen-bond donors (Lipinski definition) is 2. The lowest BCUT2D eigenvalue weighted by atomic mass is 10.1. The van der Waals surface area contributed by atoms with Crippen molar-refractivity contribution in [2.45, 2.75) is 35.8 Å². The van der Waals surface area contributed by atoms with Crippen LogP contribution in [0.3, 0.4) is 0 Å². The zero-order valence-corrected chi connectivity index (χ0v) is 14.2. The molecule has 0 bridgehead atoms. The molecule has 5 nitrogen and oxygen atoms in total. The number of aryl methyl sites for hydroxylation is 2. The molecule has 0 aliphatic heterocycles. The Morgan fingerprint density at radius 2 is 2.14 bits per heavy atom. The van der Waals surface area contributed by atoms with Crippen LogP contribution in [0.1, 0.15) is 24.5 Å². The maximum atomic E-state index is 12.3. The van der Waals surface area contributed by atoms with Gasteiger partial charge in [0, 0.05) is 12.7 Å². The summed E-state index contributed by atoms with van der Waals surface area (Å²) >= 11 is 2.88. The van der Waals surface area contributed by atoms with Gasteiger partial charge in [-0.15, -0.1) is 10.2 Å². The van der Waals surface area contributed by atoms with Gasteiger partial charge in [-0.1, -0.05) is 29.2 Å². The van der Waals surface area contributed by atoms with Crippen LogP contribution in [0.5, 0.6) is 0 Å². The Kier molecular flexibility index (Phi) is 4.63. The topological polar surface area (TPSA) is 66.9 Å². The second-order valence-electron chi connectivity index (χ2n) is 5.21. The van der Waals surface area contributed by atoms with Crippen LogP contribution < -0.4 is 10.6 Å². The summed E-state index contributed by atoms with van der Waals surface area (Å²) in [7, 11) is 1.80. The molecular formula is C15H18N4OS2. The zero-order chi connectivity index (χ0) is 15.5. The standard InChI is InChI=1S/C15H18N4OS2/c1-9(21-15-19-18-14(16-2)22-15)13(20)17-12-7-6-10-4-3-5-11(10)8-12/h6-9H,3-5H2,1-2H3,(H,16,18)(H,17,20)/t9-/m1/s1. The van der Waals surface area contributed by atoms with E-state index in [1.807, 2.05) is 13.0 Å². The Morgan fingerprint density at radius 3 is 2.91 bits per heavy atom. The molecule has 2 aromatic rings. The SMILES string of the molecule is CNc1nnc(S[C@H](C)C(=O)Nc2ccc3c(c2)CCC3)s1. The molecule has 7 heteroatoms. The highest BCUT2D eigenvalue weighted by Crippen LogP contribution is 2.30. The molecule has 22 heavy (non-hydrogen) atoms. The normalized spacial score (nSPS) is 14.5. The Balaban J connectivity index is 1.61. The molecule has 3 rings (SSSR count). The third kappa shape index (κ3) is 3.41. The molecule has 1 amide bonds. The van der Waals surface area contributed by atoms with E-state index >= 15 is 0 Å². The number of amides is 1. The summed E-state index contributed by atoms with van der Waals surface area (Å²) in [5, 5.41) is 14.5. The molecule has 0 spiro atoms. The minimum Gasteiger partial charge on any atom is -0.363 e. The van der Waals surface area contributed by atoms with E-state index in [4.69, 9.17) is 0 Å². The third-order valence-corrected chi connectivity index (χ3v) is 5.76. The highest BCUT2D eigenvalue weighted by Gasteiger charge is 2.18. The van der Waals surface area contributed by atoms with Gasteiger partial charge in [0.15, 0.2) is 4.34 Å². The van der Waals surface area contributed by atoms with E-state index in [1.165, 1.54) is 40.6 Å². The first-order valence-corrected chi connectivity index (χ1v) is 8.96. The summed E-state index contributed by atoms with van der Waals surface area (Å²) in [4.78, 5) is 12.3. The number of hydrogen-bond acceptors (Lipinski definition) is 6. The van der Waals surface area contributed by atoms with E-state index < -0.39 is 0 Å². The number of carbonyl (C=O) groups is 1. The van der Waals surface area contributed by atoms with Gasteiger partial charge >= 0.3 is 0 Å². The van der Waals surface area contributed by atoms with Crippen molar-refractivity contribution >= 4 is 39.8 Å². The summed E-state index contributed by atoms with van der Waals surface area (Å²) in [6.45, 7) is 1.88. The summed E-state index contributed by atoms with van der Waals surface area (Å²) in [5.41, 5.74) is 3.65. The van der Waals surface area contributed by atoms with E-state index in [0.29, 0.717) is 0 Å². The molecule has 0 radical (unpaired) electrons. The predicted molar refractivity (Wildman–Crippen MR) is 91.9 cm³/mol. The Bertz CT molecular complexity index is 686. The van der Waals surface area contributed by atoms with Gasteiger partial charge in [0.05, 0.1) is 5.25 Å². The molecule has 1 atom stereocenters.